The number of nitrogen functional groups attached to an aromatic ring is 1. The second-order valence-corrected chi connectivity index (χ2v) is 3.22. The standard InChI is InChI=1S/C11H11N3O2/c1-16-8-4-2-7(3-5-8)10(15)9-11(12)14-6-13-9/h2-6H,12H2,1H3,(H,13,14). The molecule has 0 aliphatic carbocycles. The SMILES string of the molecule is COc1ccc(C(=O)c2nc[nH]c2N)cc1. The highest BCUT2D eigenvalue weighted by atomic mass is 16.5. The first kappa shape index (κ1) is 10.2. The number of nitrogens with one attached hydrogen (secondary N) is 1. The van der Waals surface area contributed by atoms with Crippen LogP contribution in [0.5, 0.6) is 5.75 Å². The Hall–Kier alpha value is -2.30. The minimum absolute atomic E-state index is 0.207. The van der Waals surface area contributed by atoms with Gasteiger partial charge in [-0.15, -0.1) is 0 Å². The van der Waals surface area contributed by atoms with E-state index < -0.39 is 0 Å². The third-order valence-corrected chi connectivity index (χ3v) is 2.24. The number of hydrogen-bond donors (Lipinski definition) is 2. The summed E-state index contributed by atoms with van der Waals surface area (Å²) in [6, 6.07) is 6.79. The number of H-pyrrole nitrogens is 1. The van der Waals surface area contributed by atoms with Crippen molar-refractivity contribution < 1.29 is 9.53 Å². The van der Waals surface area contributed by atoms with E-state index in [0.29, 0.717) is 11.3 Å². The molecule has 0 unspecified atom stereocenters. The largest absolute Gasteiger partial charge is 0.497 e. The van der Waals surface area contributed by atoms with Crippen LogP contribution in [-0.4, -0.2) is 22.9 Å². The van der Waals surface area contributed by atoms with Crippen molar-refractivity contribution in [2.75, 3.05) is 12.8 Å². The van der Waals surface area contributed by atoms with Gasteiger partial charge in [0.2, 0.25) is 5.78 Å². The number of ketones is 1. The average molecular weight is 217 g/mol. The topological polar surface area (TPSA) is 81.0 Å². The highest BCUT2D eigenvalue weighted by Crippen LogP contribution is 2.16. The van der Waals surface area contributed by atoms with Crippen molar-refractivity contribution in [1.82, 2.24) is 9.97 Å². The van der Waals surface area contributed by atoms with Crippen molar-refractivity contribution in [1.29, 1.82) is 0 Å². The van der Waals surface area contributed by atoms with E-state index >= 15 is 0 Å². The first-order valence-corrected chi connectivity index (χ1v) is 4.70. The zero-order valence-electron chi connectivity index (χ0n) is 8.73. The fourth-order valence-corrected chi connectivity index (χ4v) is 1.36. The van der Waals surface area contributed by atoms with Gasteiger partial charge in [-0.1, -0.05) is 0 Å². The number of nitrogens with two attached hydrogens (primary N) is 1. The van der Waals surface area contributed by atoms with Gasteiger partial charge in [-0.2, -0.15) is 0 Å². The zero-order valence-corrected chi connectivity index (χ0v) is 8.73. The van der Waals surface area contributed by atoms with E-state index in [1.807, 2.05) is 0 Å². The molecule has 82 valence electrons. The molecule has 0 spiro atoms. The number of benzene rings is 1. The van der Waals surface area contributed by atoms with Crippen LogP contribution in [0.15, 0.2) is 30.6 Å². The molecule has 0 radical (unpaired) electrons. The summed E-state index contributed by atoms with van der Waals surface area (Å²) < 4.78 is 5.01. The Labute approximate surface area is 92.3 Å². The Morgan fingerprint density at radius 1 is 1.38 bits per heavy atom. The van der Waals surface area contributed by atoms with Gasteiger partial charge in [-0.25, -0.2) is 4.98 Å². The number of aromatic amines is 1. The van der Waals surface area contributed by atoms with Gasteiger partial charge in [0, 0.05) is 5.56 Å². The number of nitrogens with zero attached hydrogens (tertiary/aromatic N) is 1. The quantitative estimate of drug-likeness (QED) is 0.758. The van der Waals surface area contributed by atoms with Crippen molar-refractivity contribution in [3.8, 4) is 5.75 Å². The molecule has 1 heterocycles. The summed E-state index contributed by atoms with van der Waals surface area (Å²) in [6.07, 6.45) is 1.39. The van der Waals surface area contributed by atoms with E-state index in [0.717, 1.165) is 0 Å². The van der Waals surface area contributed by atoms with E-state index in [9.17, 15) is 4.79 Å². The van der Waals surface area contributed by atoms with E-state index in [2.05, 4.69) is 9.97 Å². The van der Waals surface area contributed by atoms with E-state index in [4.69, 9.17) is 10.5 Å². The lowest BCUT2D eigenvalue weighted by Crippen LogP contribution is -2.05. The van der Waals surface area contributed by atoms with Gasteiger partial charge in [-0.05, 0) is 24.3 Å². The third-order valence-electron chi connectivity index (χ3n) is 2.24. The average Bonchev–Trinajstić information content (AvgIpc) is 2.75. The first-order chi connectivity index (χ1) is 7.72. The lowest BCUT2D eigenvalue weighted by Gasteiger charge is -2.01. The van der Waals surface area contributed by atoms with Gasteiger partial charge >= 0.3 is 0 Å². The van der Waals surface area contributed by atoms with Crippen molar-refractivity contribution in [3.05, 3.63) is 41.9 Å². The molecule has 1 aromatic heterocycles. The van der Waals surface area contributed by atoms with Gasteiger partial charge in [0.1, 0.15) is 11.6 Å². The third kappa shape index (κ3) is 1.75. The summed E-state index contributed by atoms with van der Waals surface area (Å²) in [5, 5.41) is 0. The molecule has 5 heteroatoms. The molecule has 0 bridgehead atoms. The van der Waals surface area contributed by atoms with Crippen LogP contribution >= 0.6 is 0 Å². The maximum atomic E-state index is 11.9. The number of aromatic nitrogens is 2. The Kier molecular flexibility index (Phi) is 2.59. The van der Waals surface area contributed by atoms with Crippen LogP contribution in [0.3, 0.4) is 0 Å². The lowest BCUT2D eigenvalue weighted by molar-refractivity contribution is 0.103. The Balaban J connectivity index is 2.31. The molecular weight excluding hydrogens is 206 g/mol. The Bertz CT molecular complexity index is 502. The highest BCUT2D eigenvalue weighted by molar-refractivity contribution is 6.10. The minimum Gasteiger partial charge on any atom is -0.497 e. The molecule has 2 aromatic rings. The van der Waals surface area contributed by atoms with Gasteiger partial charge in [0.15, 0.2) is 5.69 Å². The van der Waals surface area contributed by atoms with Crippen molar-refractivity contribution in [3.63, 3.8) is 0 Å². The smallest absolute Gasteiger partial charge is 0.215 e. The molecule has 0 aliphatic heterocycles. The molecule has 0 saturated heterocycles. The number of imidazole rings is 1. The van der Waals surface area contributed by atoms with Crippen LogP contribution in [0.25, 0.3) is 0 Å². The number of anilines is 1. The minimum atomic E-state index is -0.207. The first-order valence-electron chi connectivity index (χ1n) is 4.70. The molecule has 0 fully saturated rings. The van der Waals surface area contributed by atoms with Crippen LogP contribution < -0.4 is 10.5 Å². The maximum Gasteiger partial charge on any atom is 0.215 e. The molecule has 16 heavy (non-hydrogen) atoms. The van der Waals surface area contributed by atoms with E-state index in [1.165, 1.54) is 6.33 Å². The monoisotopic (exact) mass is 217 g/mol. The predicted octanol–water partition coefficient (Wildman–Crippen LogP) is 1.23. The van der Waals surface area contributed by atoms with Gasteiger partial charge in [-0.3, -0.25) is 4.79 Å². The van der Waals surface area contributed by atoms with Crippen LogP contribution in [-0.2, 0) is 0 Å². The molecule has 0 atom stereocenters. The van der Waals surface area contributed by atoms with Gasteiger partial charge in [0.05, 0.1) is 13.4 Å². The maximum absolute atomic E-state index is 11.9. The number of carbonyl (C=O) groups excluding carboxylic acids is 1. The van der Waals surface area contributed by atoms with Crippen molar-refractivity contribution in [2.24, 2.45) is 0 Å². The zero-order chi connectivity index (χ0) is 11.5. The fraction of sp³-hybridized carbons (Fsp3) is 0.0909. The molecule has 2 rings (SSSR count). The van der Waals surface area contributed by atoms with E-state index in [-0.39, 0.29) is 17.3 Å². The lowest BCUT2D eigenvalue weighted by atomic mass is 10.1. The summed E-state index contributed by atoms with van der Waals surface area (Å²) in [5.74, 6) is 0.772. The molecule has 0 amide bonds. The number of hydrogen-bond acceptors (Lipinski definition) is 4. The second kappa shape index (κ2) is 4.06. The number of carbonyl (C=O) groups is 1. The molecule has 3 N–H and O–H groups in total. The van der Waals surface area contributed by atoms with Crippen molar-refractivity contribution >= 4 is 11.6 Å². The van der Waals surface area contributed by atoms with Crippen LogP contribution in [0.4, 0.5) is 5.82 Å². The molecule has 0 aliphatic rings. The molecular formula is C11H11N3O2. The number of ether oxygens (including phenoxy) is 1. The number of methoxy groups -OCH3 is 1. The molecule has 1 aromatic carbocycles. The Morgan fingerprint density at radius 2 is 2.06 bits per heavy atom. The summed E-state index contributed by atoms with van der Waals surface area (Å²) >= 11 is 0. The second-order valence-electron chi connectivity index (χ2n) is 3.22. The van der Waals surface area contributed by atoms with Gasteiger partial charge in [0.25, 0.3) is 0 Å². The van der Waals surface area contributed by atoms with Crippen molar-refractivity contribution in [2.45, 2.75) is 0 Å². The predicted molar refractivity (Wildman–Crippen MR) is 59.4 cm³/mol. The van der Waals surface area contributed by atoms with Crippen LogP contribution in [0, 0.1) is 0 Å². The van der Waals surface area contributed by atoms with Gasteiger partial charge < -0.3 is 15.5 Å². The summed E-state index contributed by atoms with van der Waals surface area (Å²) in [4.78, 5) is 18.5. The normalized spacial score (nSPS) is 10.1. The number of rotatable bonds is 3. The summed E-state index contributed by atoms with van der Waals surface area (Å²) in [6.45, 7) is 0. The molecule has 0 saturated carbocycles. The summed E-state index contributed by atoms with van der Waals surface area (Å²) in [7, 11) is 1.57. The molecule has 5 nitrogen and oxygen atoms in total. The summed E-state index contributed by atoms with van der Waals surface area (Å²) in [5.41, 5.74) is 6.34. The van der Waals surface area contributed by atoms with Crippen LogP contribution in [0.1, 0.15) is 16.1 Å². The van der Waals surface area contributed by atoms with Crippen LogP contribution in [0.2, 0.25) is 0 Å². The Morgan fingerprint density at radius 3 is 2.56 bits per heavy atom. The van der Waals surface area contributed by atoms with E-state index in [1.54, 1.807) is 31.4 Å². The fourth-order valence-electron chi connectivity index (χ4n) is 1.36. The highest BCUT2D eigenvalue weighted by Gasteiger charge is 2.14.